The van der Waals surface area contributed by atoms with Crippen LogP contribution in [0.15, 0.2) is 41.3 Å². The van der Waals surface area contributed by atoms with E-state index in [1.54, 1.807) is 30.0 Å². The number of para-hydroxylation sites is 1. The summed E-state index contributed by atoms with van der Waals surface area (Å²) in [5.41, 5.74) is 1.60. The lowest BCUT2D eigenvalue weighted by molar-refractivity contribution is -0.0258. The lowest BCUT2D eigenvalue weighted by Crippen LogP contribution is -2.29. The summed E-state index contributed by atoms with van der Waals surface area (Å²) < 4.78 is 25.8. The number of nitrogens with one attached hydrogen (secondary N) is 1. The predicted octanol–water partition coefficient (Wildman–Crippen LogP) is 3.32. The van der Waals surface area contributed by atoms with Crippen molar-refractivity contribution in [1.29, 1.82) is 0 Å². The van der Waals surface area contributed by atoms with Crippen LogP contribution in [0.5, 0.6) is 0 Å². The van der Waals surface area contributed by atoms with Crippen LogP contribution in [0.3, 0.4) is 0 Å². The van der Waals surface area contributed by atoms with Crippen LogP contribution in [0, 0.1) is 6.92 Å². The Morgan fingerprint density at radius 3 is 2.48 bits per heavy atom. The first-order valence-corrected chi connectivity index (χ1v) is 11.5. The average Bonchev–Trinajstić information content (AvgIpc) is 3.29. The van der Waals surface area contributed by atoms with Gasteiger partial charge in [-0.15, -0.1) is 0 Å². The van der Waals surface area contributed by atoms with Gasteiger partial charge in [0, 0.05) is 25.7 Å². The molecule has 3 rings (SSSR count). The normalized spacial score (nSPS) is 14.2. The number of sulfonamides is 1. The van der Waals surface area contributed by atoms with Gasteiger partial charge in [-0.2, -0.15) is 0 Å². The number of hydrogen-bond acceptors (Lipinski definition) is 5. The van der Waals surface area contributed by atoms with E-state index in [-0.39, 0.29) is 21.4 Å². The molecule has 2 aromatic carbocycles. The van der Waals surface area contributed by atoms with E-state index >= 15 is 0 Å². The summed E-state index contributed by atoms with van der Waals surface area (Å²) in [6, 6.07) is 9.17. The van der Waals surface area contributed by atoms with Crippen molar-refractivity contribution in [3.63, 3.8) is 0 Å². The molecule has 0 spiro atoms. The van der Waals surface area contributed by atoms with Gasteiger partial charge in [-0.3, -0.25) is 14.4 Å². The van der Waals surface area contributed by atoms with Crippen molar-refractivity contribution in [1.82, 2.24) is 9.37 Å². The zero-order chi connectivity index (χ0) is 22.8. The van der Waals surface area contributed by atoms with Crippen molar-refractivity contribution in [3.8, 4) is 0 Å². The highest BCUT2D eigenvalue weighted by molar-refractivity contribution is 7.89. The van der Waals surface area contributed by atoms with Crippen LogP contribution in [0.4, 0.5) is 5.69 Å². The number of benzene rings is 2. The number of nitrogens with zero attached hydrogens (tertiary/aromatic N) is 2. The van der Waals surface area contributed by atoms with E-state index in [1.165, 1.54) is 32.4 Å². The number of hydrogen-bond donors (Lipinski definition) is 1. The van der Waals surface area contributed by atoms with Gasteiger partial charge in [0.05, 0.1) is 23.4 Å². The number of carbonyl (C=O) groups excluding carboxylic acids is 2. The Balaban J connectivity index is 1.94. The first-order chi connectivity index (χ1) is 14.7. The van der Waals surface area contributed by atoms with Crippen LogP contribution < -0.4 is 5.32 Å². The van der Waals surface area contributed by atoms with Crippen molar-refractivity contribution in [3.05, 3.63) is 58.1 Å². The second-order valence-electron chi connectivity index (χ2n) is 7.19. The molecule has 0 unspecified atom stereocenters. The number of hydroxylamine groups is 1. The number of aryl methyl sites for hydroxylation is 1. The van der Waals surface area contributed by atoms with E-state index in [0.717, 1.165) is 18.4 Å². The second-order valence-corrected chi connectivity index (χ2v) is 9.50. The molecule has 0 aliphatic carbocycles. The highest BCUT2D eigenvalue weighted by atomic mass is 35.5. The molecule has 31 heavy (non-hydrogen) atoms. The third kappa shape index (κ3) is 4.74. The summed E-state index contributed by atoms with van der Waals surface area (Å²) in [5, 5.41) is 2.73. The Morgan fingerprint density at radius 1 is 1.16 bits per heavy atom. The number of anilines is 1. The second kappa shape index (κ2) is 9.35. The molecular weight excluding hydrogens is 442 g/mol. The maximum absolute atomic E-state index is 13.0. The molecule has 0 aromatic heterocycles. The van der Waals surface area contributed by atoms with E-state index in [9.17, 15) is 18.0 Å². The minimum absolute atomic E-state index is 0.0405. The average molecular weight is 466 g/mol. The zero-order valence-electron chi connectivity index (χ0n) is 17.5. The Hall–Kier alpha value is -2.46. The highest BCUT2D eigenvalue weighted by Gasteiger charge is 2.27. The molecule has 0 atom stereocenters. The molecule has 0 saturated carbocycles. The van der Waals surface area contributed by atoms with Gasteiger partial charge in [0.15, 0.2) is 0 Å². The van der Waals surface area contributed by atoms with Crippen LogP contribution in [0.1, 0.15) is 39.1 Å². The quantitative estimate of drug-likeness (QED) is 0.660. The molecule has 1 heterocycles. The fraction of sp³-hybridized carbons (Fsp3) is 0.333. The van der Waals surface area contributed by atoms with Gasteiger partial charge >= 0.3 is 0 Å². The minimum Gasteiger partial charge on any atom is -0.339 e. The summed E-state index contributed by atoms with van der Waals surface area (Å²) in [6.45, 7) is 3.17. The molecule has 1 fully saturated rings. The van der Waals surface area contributed by atoms with E-state index < -0.39 is 15.9 Å². The Morgan fingerprint density at radius 2 is 1.84 bits per heavy atom. The smallest absolute Gasteiger partial charge is 0.266 e. The molecule has 0 radical (unpaired) electrons. The van der Waals surface area contributed by atoms with E-state index in [4.69, 9.17) is 16.4 Å². The number of amides is 2. The SMILES string of the molecule is CON(C)S(=O)(=O)c1cc(C(=O)Nc2c(C)cccc2C(=O)N2CCCC2)ccc1Cl. The Bertz CT molecular complexity index is 1110. The predicted molar refractivity (Wildman–Crippen MR) is 118 cm³/mol. The standard InChI is InChI=1S/C21H24ClN3O5S/c1-14-7-6-8-16(21(27)25-11-4-5-12-25)19(14)23-20(26)15-9-10-17(22)18(13-15)31(28,29)24(2)30-3/h6-10,13H,4-5,11-12H2,1-3H3,(H,23,26). The van der Waals surface area contributed by atoms with E-state index in [1.807, 2.05) is 0 Å². The van der Waals surface area contributed by atoms with Gasteiger partial charge in [0.2, 0.25) is 0 Å². The third-order valence-electron chi connectivity index (χ3n) is 5.20. The monoisotopic (exact) mass is 465 g/mol. The number of likely N-dealkylation sites (tertiary alicyclic amines) is 1. The molecule has 0 bridgehead atoms. The molecule has 1 aliphatic heterocycles. The third-order valence-corrected chi connectivity index (χ3v) is 7.36. The van der Waals surface area contributed by atoms with Gasteiger partial charge in [0.1, 0.15) is 4.90 Å². The van der Waals surface area contributed by atoms with Gasteiger partial charge < -0.3 is 10.2 Å². The van der Waals surface area contributed by atoms with Crippen molar-refractivity contribution in [2.75, 3.05) is 32.6 Å². The lowest BCUT2D eigenvalue weighted by atomic mass is 10.1. The van der Waals surface area contributed by atoms with Crippen LogP contribution in [-0.4, -0.2) is 56.8 Å². The maximum atomic E-state index is 13.0. The van der Waals surface area contributed by atoms with E-state index in [2.05, 4.69) is 5.32 Å². The molecular formula is C21H24ClN3O5S. The fourth-order valence-corrected chi connectivity index (χ4v) is 4.84. The summed E-state index contributed by atoms with van der Waals surface area (Å²) in [5.74, 6) is -0.699. The molecule has 2 amide bonds. The van der Waals surface area contributed by atoms with Crippen molar-refractivity contribution in [2.24, 2.45) is 0 Å². The van der Waals surface area contributed by atoms with Crippen molar-refractivity contribution < 1.29 is 22.8 Å². The molecule has 1 saturated heterocycles. The molecule has 166 valence electrons. The number of carbonyl (C=O) groups is 2. The van der Waals surface area contributed by atoms with Gasteiger partial charge in [0.25, 0.3) is 21.8 Å². The number of halogens is 1. The van der Waals surface area contributed by atoms with Crippen LogP contribution in [-0.2, 0) is 14.9 Å². The first kappa shape index (κ1) is 23.2. The largest absolute Gasteiger partial charge is 0.339 e. The molecule has 8 nitrogen and oxygen atoms in total. The summed E-state index contributed by atoms with van der Waals surface area (Å²) in [7, 11) is -1.62. The maximum Gasteiger partial charge on any atom is 0.266 e. The van der Waals surface area contributed by atoms with Crippen LogP contribution >= 0.6 is 11.6 Å². The summed E-state index contributed by atoms with van der Waals surface area (Å²) in [6.07, 6.45) is 1.91. The topological polar surface area (TPSA) is 96.0 Å². The zero-order valence-corrected chi connectivity index (χ0v) is 19.1. The summed E-state index contributed by atoms with van der Waals surface area (Å²) in [4.78, 5) is 32.2. The first-order valence-electron chi connectivity index (χ1n) is 9.69. The van der Waals surface area contributed by atoms with Gasteiger partial charge in [-0.25, -0.2) is 8.42 Å². The minimum atomic E-state index is -4.05. The lowest BCUT2D eigenvalue weighted by Gasteiger charge is -2.19. The van der Waals surface area contributed by atoms with Crippen molar-refractivity contribution >= 4 is 39.1 Å². The number of rotatable bonds is 6. The van der Waals surface area contributed by atoms with Gasteiger partial charge in [-0.05, 0) is 49.6 Å². The van der Waals surface area contributed by atoms with Crippen LogP contribution in [0.25, 0.3) is 0 Å². The van der Waals surface area contributed by atoms with E-state index in [0.29, 0.717) is 28.8 Å². The van der Waals surface area contributed by atoms with Crippen LogP contribution in [0.2, 0.25) is 5.02 Å². The summed E-state index contributed by atoms with van der Waals surface area (Å²) >= 11 is 6.07. The molecule has 1 N–H and O–H groups in total. The van der Waals surface area contributed by atoms with Gasteiger partial charge in [-0.1, -0.05) is 28.2 Å². The Labute approximate surface area is 186 Å². The highest BCUT2D eigenvalue weighted by Crippen LogP contribution is 2.28. The fourth-order valence-electron chi connectivity index (χ4n) is 3.37. The molecule has 1 aliphatic rings. The molecule has 10 heteroatoms. The molecule has 2 aromatic rings. The van der Waals surface area contributed by atoms with Crippen molar-refractivity contribution in [2.45, 2.75) is 24.7 Å². The Kier molecular flexibility index (Phi) is 7.00.